The number of benzene rings is 2. The summed E-state index contributed by atoms with van der Waals surface area (Å²) in [7, 11) is 1.62. The molecule has 3 rings (SSSR count). The lowest BCUT2D eigenvalue weighted by molar-refractivity contribution is 0.0950. The van der Waals surface area contributed by atoms with Crippen molar-refractivity contribution in [2.75, 3.05) is 13.7 Å². The van der Waals surface area contributed by atoms with Crippen molar-refractivity contribution in [2.24, 2.45) is 5.10 Å². The highest BCUT2D eigenvalue weighted by Gasteiger charge is 2.11. The highest BCUT2D eigenvalue weighted by Crippen LogP contribution is 2.22. The molecule has 3 aromatic rings. The van der Waals surface area contributed by atoms with E-state index in [9.17, 15) is 4.79 Å². The zero-order chi connectivity index (χ0) is 24.2. The number of aromatic amines is 1. The number of H-pyrrole nitrogens is 1. The first kappa shape index (κ1) is 25.0. The number of hydrazone groups is 1. The van der Waals surface area contributed by atoms with Crippen LogP contribution in [-0.2, 0) is 0 Å². The molecule has 0 spiro atoms. The molecule has 180 valence electrons. The largest absolute Gasteiger partial charge is 0.497 e. The van der Waals surface area contributed by atoms with Crippen molar-refractivity contribution < 1.29 is 14.3 Å². The molecule has 0 aliphatic heterocycles. The van der Waals surface area contributed by atoms with Gasteiger partial charge in [0.1, 0.15) is 17.2 Å². The molecule has 2 N–H and O–H groups in total. The van der Waals surface area contributed by atoms with E-state index in [0.29, 0.717) is 17.1 Å². The number of carbonyl (C=O) groups is 1. The first-order chi connectivity index (χ1) is 16.6. The van der Waals surface area contributed by atoms with Gasteiger partial charge in [0, 0.05) is 5.56 Å². The van der Waals surface area contributed by atoms with Gasteiger partial charge in [0.2, 0.25) is 0 Å². The van der Waals surface area contributed by atoms with E-state index in [1.165, 1.54) is 32.1 Å². The van der Waals surface area contributed by atoms with Gasteiger partial charge < -0.3 is 9.47 Å². The summed E-state index contributed by atoms with van der Waals surface area (Å²) in [6.07, 6.45) is 7.45. The lowest BCUT2D eigenvalue weighted by atomic mass is 10.1. The Morgan fingerprint density at radius 1 is 0.971 bits per heavy atom. The molecule has 2 aromatic carbocycles. The van der Waals surface area contributed by atoms with Crippen LogP contribution in [0.3, 0.4) is 0 Å². The van der Waals surface area contributed by atoms with Gasteiger partial charge in [-0.2, -0.15) is 10.2 Å². The van der Waals surface area contributed by atoms with Crippen molar-refractivity contribution >= 4 is 11.6 Å². The molecular formula is C27H34N4O3. The topological polar surface area (TPSA) is 88.6 Å². The Morgan fingerprint density at radius 2 is 1.65 bits per heavy atom. The molecule has 0 aliphatic carbocycles. The Balaban J connectivity index is 1.49. The van der Waals surface area contributed by atoms with Gasteiger partial charge in [-0.25, -0.2) is 5.43 Å². The molecular weight excluding hydrogens is 428 g/mol. The van der Waals surface area contributed by atoms with Gasteiger partial charge in [0.25, 0.3) is 5.91 Å². The van der Waals surface area contributed by atoms with Gasteiger partial charge >= 0.3 is 0 Å². The molecule has 0 saturated heterocycles. The lowest BCUT2D eigenvalue weighted by Gasteiger charge is -2.06. The molecule has 0 radical (unpaired) electrons. The molecule has 0 saturated carbocycles. The summed E-state index contributed by atoms with van der Waals surface area (Å²) in [5.74, 6) is 1.25. The van der Waals surface area contributed by atoms with E-state index in [2.05, 4.69) is 27.6 Å². The van der Waals surface area contributed by atoms with Crippen LogP contribution in [0.25, 0.3) is 11.3 Å². The Labute approximate surface area is 201 Å². The third-order valence-corrected chi connectivity index (χ3v) is 5.57. The van der Waals surface area contributed by atoms with Crippen molar-refractivity contribution in [3.8, 4) is 22.8 Å². The van der Waals surface area contributed by atoms with E-state index in [-0.39, 0.29) is 5.91 Å². The standard InChI is InChI=1S/C27H34N4O3/c1-4-5-6-7-8-9-18-34-24-16-12-22(13-17-24)25-19-26(30-29-25)27(32)31-28-20(2)21-10-14-23(33-3)15-11-21/h10-17,19H,4-9,18H2,1-3H3,(H,29,30)(H,31,32). The summed E-state index contributed by atoms with van der Waals surface area (Å²) in [6.45, 7) is 4.79. The monoisotopic (exact) mass is 462 g/mol. The summed E-state index contributed by atoms with van der Waals surface area (Å²) in [4.78, 5) is 12.5. The number of amides is 1. The highest BCUT2D eigenvalue weighted by molar-refractivity contribution is 6.00. The minimum absolute atomic E-state index is 0.338. The van der Waals surface area contributed by atoms with Crippen molar-refractivity contribution in [3.05, 3.63) is 65.9 Å². The summed E-state index contributed by atoms with van der Waals surface area (Å²) >= 11 is 0. The third-order valence-electron chi connectivity index (χ3n) is 5.57. The first-order valence-electron chi connectivity index (χ1n) is 11.9. The molecule has 1 aromatic heterocycles. The second-order valence-electron chi connectivity index (χ2n) is 8.17. The number of aromatic nitrogens is 2. The second kappa shape index (κ2) is 13.2. The third kappa shape index (κ3) is 7.47. The van der Waals surface area contributed by atoms with Crippen LogP contribution in [0.2, 0.25) is 0 Å². The average Bonchev–Trinajstić information content (AvgIpc) is 3.37. The summed E-state index contributed by atoms with van der Waals surface area (Å²) in [6, 6.07) is 16.9. The van der Waals surface area contributed by atoms with E-state index in [1.54, 1.807) is 13.2 Å². The molecule has 0 fully saturated rings. The van der Waals surface area contributed by atoms with Crippen molar-refractivity contribution in [1.82, 2.24) is 15.6 Å². The maximum absolute atomic E-state index is 12.5. The Morgan fingerprint density at radius 3 is 2.35 bits per heavy atom. The number of rotatable bonds is 13. The molecule has 1 heterocycles. The minimum atomic E-state index is -0.356. The smallest absolute Gasteiger partial charge is 0.289 e. The van der Waals surface area contributed by atoms with Gasteiger partial charge in [-0.3, -0.25) is 9.89 Å². The summed E-state index contributed by atoms with van der Waals surface area (Å²) in [5.41, 5.74) is 6.08. The van der Waals surface area contributed by atoms with Gasteiger partial charge in [0.05, 0.1) is 25.1 Å². The van der Waals surface area contributed by atoms with E-state index >= 15 is 0 Å². The number of unbranched alkanes of at least 4 members (excludes halogenated alkanes) is 5. The number of hydrogen-bond acceptors (Lipinski definition) is 5. The molecule has 7 heteroatoms. The van der Waals surface area contributed by atoms with Gasteiger partial charge in [0.15, 0.2) is 0 Å². The van der Waals surface area contributed by atoms with E-state index < -0.39 is 0 Å². The fourth-order valence-corrected chi connectivity index (χ4v) is 3.47. The molecule has 7 nitrogen and oxygen atoms in total. The fraction of sp³-hybridized carbons (Fsp3) is 0.370. The van der Waals surface area contributed by atoms with Crippen LogP contribution in [0, 0.1) is 0 Å². The predicted molar refractivity (Wildman–Crippen MR) is 136 cm³/mol. The van der Waals surface area contributed by atoms with Gasteiger partial charge in [-0.15, -0.1) is 0 Å². The van der Waals surface area contributed by atoms with Crippen molar-refractivity contribution in [1.29, 1.82) is 0 Å². The van der Waals surface area contributed by atoms with E-state index in [0.717, 1.165) is 35.7 Å². The zero-order valence-corrected chi connectivity index (χ0v) is 20.3. The van der Waals surface area contributed by atoms with Gasteiger partial charge in [-0.1, -0.05) is 39.0 Å². The SMILES string of the molecule is CCCCCCCCOc1ccc(-c2cc(C(=O)NN=C(C)c3ccc(OC)cc3)[nH]n2)cc1. The Bertz CT molecular complexity index is 1060. The number of nitrogens with zero attached hydrogens (tertiary/aromatic N) is 2. The maximum Gasteiger partial charge on any atom is 0.289 e. The van der Waals surface area contributed by atoms with Crippen LogP contribution in [0.1, 0.15) is 68.4 Å². The second-order valence-corrected chi connectivity index (χ2v) is 8.17. The van der Waals surface area contributed by atoms with Crippen LogP contribution >= 0.6 is 0 Å². The molecule has 0 bridgehead atoms. The minimum Gasteiger partial charge on any atom is -0.497 e. The Hall–Kier alpha value is -3.61. The predicted octanol–water partition coefficient (Wildman–Crippen LogP) is 5.98. The summed E-state index contributed by atoms with van der Waals surface area (Å²) in [5, 5.41) is 11.2. The number of methoxy groups -OCH3 is 1. The van der Waals surface area contributed by atoms with E-state index in [4.69, 9.17) is 9.47 Å². The van der Waals surface area contributed by atoms with Crippen LogP contribution in [-0.4, -0.2) is 35.5 Å². The normalized spacial score (nSPS) is 11.3. The number of nitrogens with one attached hydrogen (secondary N) is 2. The molecule has 0 atom stereocenters. The number of hydrogen-bond donors (Lipinski definition) is 2. The molecule has 0 aliphatic rings. The lowest BCUT2D eigenvalue weighted by Crippen LogP contribution is -2.19. The van der Waals surface area contributed by atoms with E-state index in [1.807, 2.05) is 55.5 Å². The quantitative estimate of drug-likeness (QED) is 0.186. The number of carbonyl (C=O) groups excluding carboxylic acids is 1. The van der Waals surface area contributed by atoms with Crippen LogP contribution in [0.15, 0.2) is 59.7 Å². The molecule has 34 heavy (non-hydrogen) atoms. The average molecular weight is 463 g/mol. The molecule has 0 unspecified atom stereocenters. The zero-order valence-electron chi connectivity index (χ0n) is 20.3. The van der Waals surface area contributed by atoms with Crippen LogP contribution in [0.5, 0.6) is 11.5 Å². The maximum atomic E-state index is 12.5. The number of ether oxygens (including phenoxy) is 2. The summed E-state index contributed by atoms with van der Waals surface area (Å²) < 4.78 is 11.0. The van der Waals surface area contributed by atoms with Crippen molar-refractivity contribution in [2.45, 2.75) is 52.4 Å². The van der Waals surface area contributed by atoms with Crippen LogP contribution in [0.4, 0.5) is 0 Å². The Kier molecular flexibility index (Phi) is 9.70. The van der Waals surface area contributed by atoms with Crippen LogP contribution < -0.4 is 14.9 Å². The van der Waals surface area contributed by atoms with Crippen molar-refractivity contribution in [3.63, 3.8) is 0 Å². The highest BCUT2D eigenvalue weighted by atomic mass is 16.5. The first-order valence-corrected chi connectivity index (χ1v) is 11.9. The molecule has 1 amide bonds. The fourth-order valence-electron chi connectivity index (χ4n) is 3.47. The van der Waals surface area contributed by atoms with Gasteiger partial charge in [-0.05, 0) is 73.5 Å².